The van der Waals surface area contributed by atoms with Gasteiger partial charge in [-0.3, -0.25) is 9.69 Å². The molecule has 1 aromatic heterocycles. The third kappa shape index (κ3) is 6.55. The summed E-state index contributed by atoms with van der Waals surface area (Å²) in [6.45, 7) is 9.26. The fraction of sp³-hybridized carbons (Fsp3) is 0.481. The van der Waals surface area contributed by atoms with Gasteiger partial charge in [0.15, 0.2) is 0 Å². The summed E-state index contributed by atoms with van der Waals surface area (Å²) in [7, 11) is 1.96. The molecule has 0 spiro atoms. The Morgan fingerprint density at radius 2 is 2.09 bits per heavy atom. The first-order chi connectivity index (χ1) is 16.2. The maximum Gasteiger partial charge on any atom is 0.259 e. The summed E-state index contributed by atoms with van der Waals surface area (Å²) in [4.78, 5) is 21.6. The van der Waals surface area contributed by atoms with Crippen LogP contribution in [0.4, 0.5) is 4.39 Å². The van der Waals surface area contributed by atoms with Crippen LogP contribution in [0.5, 0.6) is 5.88 Å². The fourth-order valence-electron chi connectivity index (χ4n) is 3.93. The van der Waals surface area contributed by atoms with Gasteiger partial charge in [0, 0.05) is 43.2 Å². The Morgan fingerprint density at radius 3 is 2.76 bits per heavy atom. The molecule has 0 fully saturated rings. The largest absolute Gasteiger partial charge is 0.472 e. The van der Waals surface area contributed by atoms with Crippen molar-refractivity contribution >= 4 is 5.91 Å². The Balaban J connectivity index is 1.90. The van der Waals surface area contributed by atoms with Gasteiger partial charge in [-0.1, -0.05) is 44.7 Å². The molecule has 1 aromatic carbocycles. The van der Waals surface area contributed by atoms with Crippen LogP contribution in [0.2, 0.25) is 0 Å². The van der Waals surface area contributed by atoms with Crippen LogP contribution in [0, 0.1) is 29.5 Å². The van der Waals surface area contributed by atoms with E-state index in [1.54, 1.807) is 23.2 Å². The molecule has 34 heavy (non-hydrogen) atoms. The number of rotatable bonds is 6. The summed E-state index contributed by atoms with van der Waals surface area (Å²) in [5, 5.41) is 9.80. The van der Waals surface area contributed by atoms with E-state index in [0.717, 1.165) is 5.56 Å². The Kier molecular flexibility index (Phi) is 8.65. The van der Waals surface area contributed by atoms with Crippen molar-refractivity contribution in [1.29, 1.82) is 0 Å². The first-order valence-corrected chi connectivity index (χ1v) is 11.7. The second kappa shape index (κ2) is 11.5. The Hall–Kier alpha value is -2.95. The van der Waals surface area contributed by atoms with Gasteiger partial charge in [0.2, 0.25) is 5.88 Å². The lowest BCUT2D eigenvalue weighted by atomic mass is 9.99. The molecule has 6 nitrogen and oxygen atoms in total. The molecule has 2 aromatic rings. The number of halogens is 1. The van der Waals surface area contributed by atoms with Crippen molar-refractivity contribution in [3.05, 3.63) is 59.0 Å². The molecule has 3 atom stereocenters. The minimum atomic E-state index is -0.350. The molecule has 0 bridgehead atoms. The van der Waals surface area contributed by atoms with Gasteiger partial charge < -0.3 is 14.7 Å². The van der Waals surface area contributed by atoms with E-state index in [1.807, 2.05) is 40.8 Å². The van der Waals surface area contributed by atoms with Crippen molar-refractivity contribution in [3.63, 3.8) is 0 Å². The molecule has 182 valence electrons. The number of aromatic nitrogens is 1. The van der Waals surface area contributed by atoms with E-state index in [0.29, 0.717) is 30.8 Å². The van der Waals surface area contributed by atoms with Crippen LogP contribution >= 0.6 is 0 Å². The maximum atomic E-state index is 13.6. The fourth-order valence-corrected chi connectivity index (χ4v) is 3.93. The number of hydrogen-bond acceptors (Lipinski definition) is 5. The van der Waals surface area contributed by atoms with E-state index >= 15 is 0 Å². The summed E-state index contributed by atoms with van der Waals surface area (Å²) in [6.07, 6.45) is 1.36. The molecule has 0 saturated carbocycles. The van der Waals surface area contributed by atoms with Gasteiger partial charge >= 0.3 is 0 Å². The van der Waals surface area contributed by atoms with Crippen LogP contribution < -0.4 is 4.74 Å². The standard InChI is InChI=1S/C27H34FN3O3/c1-18(2)9-10-21-12-24-26(29-13-21)34-25(19(3)14-31(27(24)33)20(4)17-32)16-30(5)15-22-7-6-8-23(28)11-22/h6-8,11-13,18-20,25,32H,14-17H2,1-5H3/t19-,20+,25+/m1/s1. The molecular weight excluding hydrogens is 433 g/mol. The van der Waals surface area contributed by atoms with Gasteiger partial charge in [0.1, 0.15) is 17.5 Å². The highest BCUT2D eigenvalue weighted by Gasteiger charge is 2.34. The van der Waals surface area contributed by atoms with E-state index in [4.69, 9.17) is 4.74 Å². The monoisotopic (exact) mass is 467 g/mol. The van der Waals surface area contributed by atoms with Gasteiger partial charge in [-0.05, 0) is 37.7 Å². The molecule has 1 amide bonds. The first kappa shape index (κ1) is 25.7. The van der Waals surface area contributed by atoms with Gasteiger partial charge in [0.05, 0.1) is 12.6 Å². The first-order valence-electron chi connectivity index (χ1n) is 11.7. The molecular formula is C27H34FN3O3. The van der Waals surface area contributed by atoms with Gasteiger partial charge in [-0.15, -0.1) is 0 Å². The van der Waals surface area contributed by atoms with Gasteiger partial charge in [-0.2, -0.15) is 0 Å². The predicted molar refractivity (Wildman–Crippen MR) is 130 cm³/mol. The summed E-state index contributed by atoms with van der Waals surface area (Å²) in [5.74, 6) is 6.11. The van der Waals surface area contributed by atoms with Gasteiger partial charge in [0.25, 0.3) is 5.91 Å². The molecule has 0 saturated heterocycles. The third-order valence-electron chi connectivity index (χ3n) is 5.86. The number of fused-ring (bicyclic) bond motifs is 1. The van der Waals surface area contributed by atoms with Crippen molar-refractivity contribution in [2.45, 2.75) is 46.4 Å². The second-order valence-corrected chi connectivity index (χ2v) is 9.45. The van der Waals surface area contributed by atoms with Crippen LogP contribution in [0.25, 0.3) is 0 Å². The topological polar surface area (TPSA) is 65.9 Å². The Bertz CT molecular complexity index is 1060. The molecule has 0 aliphatic carbocycles. The Morgan fingerprint density at radius 1 is 1.32 bits per heavy atom. The van der Waals surface area contributed by atoms with E-state index in [-0.39, 0.29) is 48.2 Å². The number of carbonyl (C=O) groups is 1. The number of pyridine rings is 1. The number of nitrogens with zero attached hydrogens (tertiary/aromatic N) is 3. The number of carbonyl (C=O) groups excluding carboxylic acids is 1. The van der Waals surface area contributed by atoms with Crippen molar-refractivity contribution in [3.8, 4) is 17.7 Å². The average molecular weight is 468 g/mol. The highest BCUT2D eigenvalue weighted by Crippen LogP contribution is 2.27. The zero-order valence-electron chi connectivity index (χ0n) is 20.6. The zero-order chi connectivity index (χ0) is 24.8. The van der Waals surface area contributed by atoms with Crippen molar-refractivity contribution in [2.75, 3.05) is 26.7 Å². The lowest BCUT2D eigenvalue weighted by Crippen LogP contribution is -2.49. The normalized spacial score (nSPS) is 19.1. The third-order valence-corrected chi connectivity index (χ3v) is 5.86. The summed E-state index contributed by atoms with van der Waals surface area (Å²) in [6, 6.07) is 7.92. The number of benzene rings is 1. The minimum Gasteiger partial charge on any atom is -0.472 e. The van der Waals surface area contributed by atoms with Crippen LogP contribution in [-0.2, 0) is 6.54 Å². The van der Waals surface area contributed by atoms with Crippen molar-refractivity contribution in [1.82, 2.24) is 14.8 Å². The van der Waals surface area contributed by atoms with Crippen LogP contribution in [0.1, 0.15) is 49.2 Å². The SMILES string of the molecule is CC(C)C#Cc1cnc2c(c1)C(=O)N([C@@H](C)CO)C[C@@H](C)[C@H](CN(C)Cc1cccc(F)c1)O2. The molecule has 1 N–H and O–H groups in total. The molecule has 7 heteroatoms. The van der Waals surface area contributed by atoms with Crippen LogP contribution in [-0.4, -0.2) is 64.7 Å². The number of hydrogen-bond donors (Lipinski definition) is 1. The zero-order valence-corrected chi connectivity index (χ0v) is 20.6. The maximum absolute atomic E-state index is 13.6. The minimum absolute atomic E-state index is 0.0248. The molecule has 0 radical (unpaired) electrons. The summed E-state index contributed by atoms with van der Waals surface area (Å²) in [5.41, 5.74) is 1.87. The molecule has 2 heterocycles. The number of aliphatic hydroxyl groups excluding tert-OH is 1. The van der Waals surface area contributed by atoms with E-state index in [2.05, 4.69) is 21.7 Å². The Labute approximate surface area is 201 Å². The predicted octanol–water partition coefficient (Wildman–Crippen LogP) is 3.58. The highest BCUT2D eigenvalue weighted by atomic mass is 19.1. The highest BCUT2D eigenvalue weighted by molar-refractivity contribution is 5.97. The lowest BCUT2D eigenvalue weighted by molar-refractivity contribution is 0.0325. The second-order valence-electron chi connectivity index (χ2n) is 9.45. The quantitative estimate of drug-likeness (QED) is 0.658. The number of amides is 1. The number of aliphatic hydroxyl groups is 1. The van der Waals surface area contributed by atoms with Crippen LogP contribution in [0.15, 0.2) is 36.5 Å². The van der Waals surface area contributed by atoms with Crippen molar-refractivity contribution < 1.29 is 19.0 Å². The van der Waals surface area contributed by atoms with E-state index in [1.165, 1.54) is 12.1 Å². The molecule has 0 unspecified atom stereocenters. The molecule has 1 aliphatic rings. The number of likely N-dealkylation sites (N-methyl/N-ethyl adjacent to an activating group) is 1. The average Bonchev–Trinajstić information content (AvgIpc) is 2.79. The summed E-state index contributed by atoms with van der Waals surface area (Å²) >= 11 is 0. The number of ether oxygens (including phenoxy) is 1. The molecule has 1 aliphatic heterocycles. The van der Waals surface area contributed by atoms with Crippen molar-refractivity contribution in [2.24, 2.45) is 11.8 Å². The lowest BCUT2D eigenvalue weighted by Gasteiger charge is -2.37. The summed E-state index contributed by atoms with van der Waals surface area (Å²) < 4.78 is 19.9. The van der Waals surface area contributed by atoms with E-state index < -0.39 is 0 Å². The van der Waals surface area contributed by atoms with Gasteiger partial charge in [-0.25, -0.2) is 9.37 Å². The van der Waals surface area contributed by atoms with E-state index in [9.17, 15) is 14.3 Å². The molecule has 3 rings (SSSR count). The van der Waals surface area contributed by atoms with Crippen LogP contribution in [0.3, 0.4) is 0 Å². The smallest absolute Gasteiger partial charge is 0.259 e.